The van der Waals surface area contributed by atoms with Gasteiger partial charge in [-0.15, -0.1) is 11.5 Å². The maximum absolute atomic E-state index is 5.48. The first-order valence-electron chi connectivity index (χ1n) is 12.6. The molecule has 3 aromatic rings. The van der Waals surface area contributed by atoms with Crippen LogP contribution in [0.2, 0.25) is 0 Å². The molecule has 1 aliphatic rings. The number of thiophene rings is 1. The van der Waals surface area contributed by atoms with Crippen LogP contribution >= 0.6 is 30.7 Å². The molecular weight excluding hydrogens is 606 g/mol. The van der Waals surface area contributed by atoms with Crippen LogP contribution in [0.4, 0.5) is 5.69 Å². The third-order valence-electron chi connectivity index (χ3n) is 6.42. The molecule has 204 valence electrons. The molecule has 0 bridgehead atoms. The number of benzene rings is 2. The summed E-state index contributed by atoms with van der Waals surface area (Å²) in [6.45, 7) is 24.3. The van der Waals surface area contributed by atoms with Crippen molar-refractivity contribution in [2.75, 3.05) is 4.90 Å². The topological polar surface area (TPSA) is 12.5 Å². The second kappa shape index (κ2) is 14.3. The monoisotopic (exact) mass is 647 g/mol. The van der Waals surface area contributed by atoms with Crippen molar-refractivity contribution >= 4 is 36.4 Å². The van der Waals surface area contributed by atoms with Crippen LogP contribution in [0.1, 0.15) is 82.4 Å². The Morgan fingerprint density at radius 1 is 1.00 bits per heavy atom. The summed E-state index contributed by atoms with van der Waals surface area (Å²) in [4.78, 5) is 4.02. The van der Waals surface area contributed by atoms with Gasteiger partial charge in [0.05, 0.1) is 6.10 Å². The summed E-state index contributed by atoms with van der Waals surface area (Å²) in [5.41, 5.74) is 5.41. The van der Waals surface area contributed by atoms with Gasteiger partial charge < -0.3 is 9.64 Å². The second-order valence-corrected chi connectivity index (χ2v) is 14.5. The molecule has 1 saturated heterocycles. The molecule has 37 heavy (non-hydrogen) atoms. The van der Waals surface area contributed by atoms with E-state index in [0.717, 1.165) is 17.7 Å². The molecule has 1 aliphatic heterocycles. The number of para-hydroxylation sites is 2. The van der Waals surface area contributed by atoms with Crippen LogP contribution in [0.15, 0.2) is 60.0 Å². The van der Waals surface area contributed by atoms with Crippen molar-refractivity contribution in [2.45, 2.75) is 84.8 Å². The van der Waals surface area contributed by atoms with Crippen LogP contribution in [0.3, 0.4) is 0 Å². The van der Waals surface area contributed by atoms with Crippen LogP contribution in [0.5, 0.6) is 5.75 Å². The fourth-order valence-corrected chi connectivity index (χ4v) is 5.82. The van der Waals surface area contributed by atoms with Gasteiger partial charge in [-0.25, -0.2) is 6.54 Å². The Morgan fingerprint density at radius 3 is 2.19 bits per heavy atom. The summed E-state index contributed by atoms with van der Waals surface area (Å²) in [7, 11) is 9.71. The van der Waals surface area contributed by atoms with Crippen LogP contribution in [0, 0.1) is 20.4 Å². The van der Waals surface area contributed by atoms with Crippen molar-refractivity contribution in [1.29, 1.82) is 0 Å². The number of halogens is 2. The van der Waals surface area contributed by atoms with Crippen LogP contribution < -0.4 is 9.64 Å². The van der Waals surface area contributed by atoms with Crippen LogP contribution in [0.25, 0.3) is 0 Å². The Balaban J connectivity index is 0.000000287. The summed E-state index contributed by atoms with van der Waals surface area (Å²) >= 11 is 1.53. The molecule has 2 aromatic carbocycles. The van der Waals surface area contributed by atoms with E-state index in [1.807, 2.05) is 49.4 Å². The summed E-state index contributed by atoms with van der Waals surface area (Å²) in [6.07, 6.45) is 1.37. The molecule has 0 amide bonds. The fraction of sp³-hybridized carbons (Fsp3) is 0.419. The number of nitrogens with zero attached hydrogens (tertiary/aromatic N) is 1. The van der Waals surface area contributed by atoms with Crippen LogP contribution in [-0.2, 0) is 20.6 Å². The molecule has 6 heteroatoms. The Hall–Kier alpha value is -1.19. The molecule has 1 fully saturated rings. The Morgan fingerprint density at radius 2 is 1.65 bits per heavy atom. The molecule has 0 N–H and O–H groups in total. The van der Waals surface area contributed by atoms with Gasteiger partial charge in [-0.05, 0) is 68.3 Å². The van der Waals surface area contributed by atoms with Crippen molar-refractivity contribution in [3.8, 4) is 5.75 Å². The van der Waals surface area contributed by atoms with Crippen LogP contribution in [-0.4, -0.2) is 11.6 Å². The first-order valence-corrected chi connectivity index (χ1v) is 17.9. The Bertz CT molecular complexity index is 1100. The molecule has 1 unspecified atom stereocenters. The van der Waals surface area contributed by atoms with Crippen molar-refractivity contribution < 1.29 is 19.9 Å². The average Bonchev–Trinajstić information content (AvgIpc) is 3.43. The van der Waals surface area contributed by atoms with Gasteiger partial charge in [0.1, 0.15) is 0 Å². The number of rotatable bonds is 5. The number of aryl methyl sites for hydroxylation is 1. The standard InChI is InChI=1S/C21H28NS.C10H13O.2ClH.Ru/c1-15(2)17-10-7-9-16(3)19(17)22-14-21(6,13-20(22,4)5)18-11-8-12-23-18;1-8(2)11-10-7-5-4-6-9(10)3;;;/h7-12,14-15H,13H2,1-6H3;4-8H,3H2,1-2H3;2*1H;/q2*-1;;;+4/p-2. The SMILES string of the molecule is Cc1cccc(C(C)C)c1N1[CH-]C(C)(c2cccs2)CC1(C)C.[CH2-]c1ccccc1OC(C)C.[Cl][Ru+2][Cl]. The van der Waals surface area contributed by atoms with Gasteiger partial charge in [-0.2, -0.15) is 29.9 Å². The molecule has 2 heterocycles. The molecule has 0 radical (unpaired) electrons. The molecule has 0 saturated carbocycles. The number of ether oxygens (including phenoxy) is 1. The summed E-state index contributed by atoms with van der Waals surface area (Å²) in [6, 6.07) is 18.9. The van der Waals surface area contributed by atoms with Gasteiger partial charge in [-0.1, -0.05) is 63.2 Å². The van der Waals surface area contributed by atoms with E-state index in [1.165, 1.54) is 21.7 Å². The predicted molar refractivity (Wildman–Crippen MR) is 161 cm³/mol. The zero-order chi connectivity index (χ0) is 27.8. The van der Waals surface area contributed by atoms with Crippen molar-refractivity contribution in [2.24, 2.45) is 0 Å². The van der Waals surface area contributed by atoms with E-state index >= 15 is 0 Å². The molecule has 0 aliphatic carbocycles. The first-order chi connectivity index (χ1) is 17.4. The second-order valence-electron chi connectivity index (χ2n) is 10.9. The van der Waals surface area contributed by atoms with Gasteiger partial charge in [0.15, 0.2) is 0 Å². The minimum absolute atomic E-state index is 0.119. The summed E-state index contributed by atoms with van der Waals surface area (Å²) in [5.74, 6) is 1.41. The summed E-state index contributed by atoms with van der Waals surface area (Å²) in [5, 5.41) is 2.19. The van der Waals surface area contributed by atoms with E-state index in [4.69, 9.17) is 24.1 Å². The average molecular weight is 648 g/mol. The molecule has 0 spiro atoms. The molecule has 4 rings (SSSR count). The van der Waals surface area contributed by atoms with Crippen molar-refractivity contribution in [3.05, 3.63) is 95.0 Å². The number of anilines is 1. The Kier molecular flexibility index (Phi) is 12.4. The molecule has 1 aromatic heterocycles. The zero-order valence-corrected chi connectivity index (χ0v) is 27.4. The number of hydrogen-bond donors (Lipinski definition) is 0. The third kappa shape index (κ3) is 8.65. The third-order valence-corrected chi connectivity index (χ3v) is 7.57. The molecule has 2 nitrogen and oxygen atoms in total. The van der Waals surface area contributed by atoms with Gasteiger partial charge in [0.25, 0.3) is 0 Å². The van der Waals surface area contributed by atoms with Crippen molar-refractivity contribution in [3.63, 3.8) is 0 Å². The molecule has 1 atom stereocenters. The Labute approximate surface area is 245 Å². The van der Waals surface area contributed by atoms with E-state index in [9.17, 15) is 0 Å². The predicted octanol–water partition coefficient (Wildman–Crippen LogP) is 10.3. The molecular formula is C31H41Cl2NORuS. The van der Waals surface area contributed by atoms with Gasteiger partial charge in [0, 0.05) is 17.0 Å². The van der Waals surface area contributed by atoms with Gasteiger partial charge in [-0.3, -0.25) is 0 Å². The van der Waals surface area contributed by atoms with Gasteiger partial charge >= 0.3 is 34.5 Å². The van der Waals surface area contributed by atoms with E-state index in [2.05, 4.69) is 95.6 Å². The van der Waals surface area contributed by atoms with E-state index in [-0.39, 0.29) is 32.2 Å². The minimum atomic E-state index is -0.346. The van der Waals surface area contributed by atoms with E-state index < -0.39 is 0 Å². The summed E-state index contributed by atoms with van der Waals surface area (Å²) < 4.78 is 5.48. The number of hydrogen-bond acceptors (Lipinski definition) is 3. The maximum atomic E-state index is 5.48. The zero-order valence-electron chi connectivity index (χ0n) is 23.3. The van der Waals surface area contributed by atoms with E-state index in [0.29, 0.717) is 5.92 Å². The quantitative estimate of drug-likeness (QED) is 0.202. The normalized spacial score (nSPS) is 18.2. The van der Waals surface area contributed by atoms with E-state index in [1.54, 1.807) is 0 Å². The van der Waals surface area contributed by atoms with Gasteiger partial charge in [0.2, 0.25) is 0 Å². The first kappa shape index (κ1) is 32.0. The fourth-order valence-electron chi connectivity index (χ4n) is 4.96. The van der Waals surface area contributed by atoms with Crippen molar-refractivity contribution in [1.82, 2.24) is 0 Å².